The van der Waals surface area contributed by atoms with E-state index in [-0.39, 0.29) is 5.91 Å². The average molecular weight is 316 g/mol. The fourth-order valence-corrected chi connectivity index (χ4v) is 4.73. The summed E-state index contributed by atoms with van der Waals surface area (Å²) in [6.45, 7) is 4.22. The Morgan fingerprint density at radius 3 is 3.00 bits per heavy atom. The molecule has 3 rings (SSSR count). The molecule has 2 aromatic rings. The number of fused-ring (bicyclic) bond motifs is 1. The van der Waals surface area contributed by atoms with Crippen molar-refractivity contribution in [2.45, 2.75) is 33.1 Å². The quantitative estimate of drug-likeness (QED) is 0.894. The molecule has 2 heterocycles. The summed E-state index contributed by atoms with van der Waals surface area (Å²) in [6, 6.07) is 4.16. The Bertz CT molecular complexity index is 736. The van der Waals surface area contributed by atoms with E-state index in [1.54, 1.807) is 22.7 Å². The summed E-state index contributed by atoms with van der Waals surface area (Å²) in [7, 11) is 0. The highest BCUT2D eigenvalue weighted by Crippen LogP contribution is 2.39. The summed E-state index contributed by atoms with van der Waals surface area (Å²) >= 11 is 3.13. The first-order chi connectivity index (χ1) is 10.1. The van der Waals surface area contributed by atoms with Gasteiger partial charge in [0.1, 0.15) is 11.1 Å². The van der Waals surface area contributed by atoms with E-state index in [0.717, 1.165) is 29.7 Å². The van der Waals surface area contributed by atoms with Gasteiger partial charge in [-0.15, -0.1) is 22.7 Å². The SMILES string of the molecule is Cc1cc(C(=O)Nc2sc3c(c2C#N)CC[C@@H](C)C3)cs1. The molecule has 0 saturated carbocycles. The van der Waals surface area contributed by atoms with Crippen LogP contribution in [-0.4, -0.2) is 5.91 Å². The zero-order valence-electron chi connectivity index (χ0n) is 12.0. The highest BCUT2D eigenvalue weighted by molar-refractivity contribution is 7.16. The van der Waals surface area contributed by atoms with Crippen LogP contribution in [-0.2, 0) is 12.8 Å². The maximum Gasteiger partial charge on any atom is 0.257 e. The molecule has 21 heavy (non-hydrogen) atoms. The number of nitrogens with zero attached hydrogens (tertiary/aromatic N) is 1. The van der Waals surface area contributed by atoms with E-state index in [4.69, 9.17) is 0 Å². The molecule has 1 N–H and O–H groups in total. The largest absolute Gasteiger partial charge is 0.312 e. The Morgan fingerprint density at radius 2 is 2.33 bits per heavy atom. The van der Waals surface area contributed by atoms with Crippen LogP contribution in [0.1, 0.15) is 44.6 Å². The fourth-order valence-electron chi connectivity index (χ4n) is 2.69. The molecule has 0 saturated heterocycles. The minimum absolute atomic E-state index is 0.123. The second kappa shape index (κ2) is 5.63. The van der Waals surface area contributed by atoms with Gasteiger partial charge in [-0.05, 0) is 43.7 Å². The van der Waals surface area contributed by atoms with Crippen molar-refractivity contribution < 1.29 is 4.79 Å². The number of rotatable bonds is 2. The molecule has 0 fully saturated rings. The summed E-state index contributed by atoms with van der Waals surface area (Å²) in [5.41, 5.74) is 2.49. The lowest BCUT2D eigenvalue weighted by molar-refractivity contribution is 0.102. The number of nitrogens with one attached hydrogen (secondary N) is 1. The summed E-state index contributed by atoms with van der Waals surface area (Å²) in [6.07, 6.45) is 3.08. The topological polar surface area (TPSA) is 52.9 Å². The van der Waals surface area contributed by atoms with Crippen LogP contribution in [0.2, 0.25) is 0 Å². The van der Waals surface area contributed by atoms with Crippen molar-refractivity contribution in [3.63, 3.8) is 0 Å². The van der Waals surface area contributed by atoms with Crippen molar-refractivity contribution in [2.75, 3.05) is 5.32 Å². The molecule has 0 aliphatic heterocycles. The van der Waals surface area contributed by atoms with Crippen LogP contribution in [0.25, 0.3) is 0 Å². The van der Waals surface area contributed by atoms with Crippen molar-refractivity contribution >= 4 is 33.6 Å². The Morgan fingerprint density at radius 1 is 1.52 bits per heavy atom. The predicted octanol–water partition coefficient (Wildman–Crippen LogP) is 4.37. The number of amides is 1. The van der Waals surface area contributed by atoms with Crippen molar-refractivity contribution in [1.82, 2.24) is 0 Å². The van der Waals surface area contributed by atoms with Gasteiger partial charge in [0.05, 0.1) is 11.1 Å². The van der Waals surface area contributed by atoms with Gasteiger partial charge in [0.25, 0.3) is 5.91 Å². The van der Waals surface area contributed by atoms with Crippen LogP contribution in [0.4, 0.5) is 5.00 Å². The first-order valence-electron chi connectivity index (χ1n) is 6.99. The van der Waals surface area contributed by atoms with E-state index in [0.29, 0.717) is 22.0 Å². The zero-order valence-corrected chi connectivity index (χ0v) is 13.7. The Kier molecular flexibility index (Phi) is 3.83. The van der Waals surface area contributed by atoms with Gasteiger partial charge >= 0.3 is 0 Å². The summed E-state index contributed by atoms with van der Waals surface area (Å²) in [5.74, 6) is 0.535. The van der Waals surface area contributed by atoms with Gasteiger partial charge in [0, 0.05) is 15.1 Å². The van der Waals surface area contributed by atoms with Crippen LogP contribution >= 0.6 is 22.7 Å². The predicted molar refractivity (Wildman–Crippen MR) is 87.2 cm³/mol. The third-order valence-electron chi connectivity index (χ3n) is 3.84. The molecule has 1 atom stereocenters. The Hall–Kier alpha value is -1.64. The molecular formula is C16H16N2OS2. The normalized spacial score (nSPS) is 17.1. The number of carbonyl (C=O) groups excluding carboxylic acids is 1. The number of hydrogen-bond acceptors (Lipinski definition) is 4. The highest BCUT2D eigenvalue weighted by atomic mass is 32.1. The molecule has 3 nitrogen and oxygen atoms in total. The molecule has 5 heteroatoms. The van der Waals surface area contributed by atoms with Gasteiger partial charge in [0.15, 0.2) is 0 Å². The monoisotopic (exact) mass is 316 g/mol. The molecule has 0 radical (unpaired) electrons. The molecule has 0 spiro atoms. The van der Waals surface area contributed by atoms with Gasteiger partial charge < -0.3 is 5.32 Å². The molecule has 108 valence electrons. The van der Waals surface area contributed by atoms with Gasteiger partial charge in [-0.3, -0.25) is 4.79 Å². The van der Waals surface area contributed by atoms with Crippen molar-refractivity contribution in [3.05, 3.63) is 37.9 Å². The molecule has 2 aromatic heterocycles. The lowest BCUT2D eigenvalue weighted by Crippen LogP contribution is -2.11. The molecule has 1 aliphatic carbocycles. The van der Waals surface area contributed by atoms with Gasteiger partial charge in [-0.25, -0.2) is 0 Å². The minimum atomic E-state index is -0.123. The number of carbonyl (C=O) groups is 1. The minimum Gasteiger partial charge on any atom is -0.312 e. The summed E-state index contributed by atoms with van der Waals surface area (Å²) in [5, 5.41) is 14.9. The van der Waals surface area contributed by atoms with Crippen LogP contribution in [0.15, 0.2) is 11.4 Å². The third-order valence-corrected chi connectivity index (χ3v) is 5.87. The van der Waals surface area contributed by atoms with Gasteiger partial charge in [0.2, 0.25) is 0 Å². The van der Waals surface area contributed by atoms with E-state index < -0.39 is 0 Å². The lowest BCUT2D eigenvalue weighted by atomic mass is 9.88. The first-order valence-corrected chi connectivity index (χ1v) is 8.69. The maximum atomic E-state index is 12.3. The van der Waals surface area contributed by atoms with Gasteiger partial charge in [-0.1, -0.05) is 6.92 Å². The van der Waals surface area contributed by atoms with Crippen LogP contribution in [0.5, 0.6) is 0 Å². The van der Waals surface area contributed by atoms with Crippen LogP contribution in [0.3, 0.4) is 0 Å². The van der Waals surface area contributed by atoms with Gasteiger partial charge in [-0.2, -0.15) is 5.26 Å². The zero-order chi connectivity index (χ0) is 15.0. The third kappa shape index (κ3) is 2.74. The number of aryl methyl sites for hydroxylation is 1. The van der Waals surface area contributed by atoms with E-state index in [2.05, 4.69) is 18.3 Å². The summed E-state index contributed by atoms with van der Waals surface area (Å²) < 4.78 is 0. The number of hydrogen-bond donors (Lipinski definition) is 1. The Labute approximate surface area is 132 Å². The standard InChI is InChI=1S/C16H16N2OS2/c1-9-3-4-12-13(7-17)16(21-14(12)5-9)18-15(19)11-6-10(2)20-8-11/h6,8-9H,3-5H2,1-2H3,(H,18,19)/t9-/m1/s1. The first kappa shape index (κ1) is 14.3. The summed E-state index contributed by atoms with van der Waals surface area (Å²) in [4.78, 5) is 14.6. The maximum absolute atomic E-state index is 12.3. The van der Waals surface area contributed by atoms with Crippen molar-refractivity contribution in [3.8, 4) is 6.07 Å². The second-order valence-corrected chi connectivity index (χ2v) is 7.79. The fraction of sp³-hybridized carbons (Fsp3) is 0.375. The molecule has 0 bridgehead atoms. The van der Waals surface area contributed by atoms with E-state index in [1.807, 2.05) is 18.4 Å². The van der Waals surface area contributed by atoms with E-state index in [1.165, 1.54) is 4.88 Å². The van der Waals surface area contributed by atoms with Crippen molar-refractivity contribution in [1.29, 1.82) is 5.26 Å². The van der Waals surface area contributed by atoms with Crippen LogP contribution < -0.4 is 5.32 Å². The molecule has 1 amide bonds. The smallest absolute Gasteiger partial charge is 0.257 e. The highest BCUT2D eigenvalue weighted by Gasteiger charge is 2.24. The number of anilines is 1. The molecule has 1 aliphatic rings. The van der Waals surface area contributed by atoms with E-state index in [9.17, 15) is 10.1 Å². The number of thiophene rings is 2. The lowest BCUT2D eigenvalue weighted by Gasteiger charge is -2.17. The van der Waals surface area contributed by atoms with Crippen LogP contribution in [0, 0.1) is 24.2 Å². The Balaban J connectivity index is 1.89. The molecular weight excluding hydrogens is 300 g/mol. The molecule has 0 aromatic carbocycles. The number of nitriles is 1. The average Bonchev–Trinajstić information content (AvgIpc) is 3.01. The second-order valence-electron chi connectivity index (χ2n) is 5.57. The van der Waals surface area contributed by atoms with Crippen molar-refractivity contribution in [2.24, 2.45) is 5.92 Å². The van der Waals surface area contributed by atoms with E-state index >= 15 is 0 Å². The molecule has 0 unspecified atom stereocenters.